The van der Waals surface area contributed by atoms with Gasteiger partial charge in [0.25, 0.3) is 5.56 Å². The highest BCUT2D eigenvalue weighted by molar-refractivity contribution is 6.32. The fraction of sp³-hybridized carbons (Fsp3) is 0.133. The van der Waals surface area contributed by atoms with Crippen LogP contribution in [0.1, 0.15) is 5.56 Å². The molecule has 21 heavy (non-hydrogen) atoms. The molecule has 0 saturated carbocycles. The van der Waals surface area contributed by atoms with Crippen molar-refractivity contribution < 1.29 is 0 Å². The summed E-state index contributed by atoms with van der Waals surface area (Å²) >= 11 is 5.91. The SMILES string of the molecule is O=c1[nH]ncc(NCCc2cccc3cccnc23)c1Cl. The predicted octanol–water partition coefficient (Wildman–Crippen LogP) is 2.63. The molecule has 5 nitrogen and oxygen atoms in total. The van der Waals surface area contributed by atoms with E-state index < -0.39 is 5.56 Å². The molecule has 1 aromatic carbocycles. The summed E-state index contributed by atoms with van der Waals surface area (Å²) in [6, 6.07) is 10.1. The zero-order valence-electron chi connectivity index (χ0n) is 11.1. The first-order chi connectivity index (χ1) is 10.3. The third-order valence-corrected chi connectivity index (χ3v) is 3.60. The number of hydrogen-bond donors (Lipinski definition) is 2. The summed E-state index contributed by atoms with van der Waals surface area (Å²) in [7, 11) is 0. The van der Waals surface area contributed by atoms with E-state index in [0.717, 1.165) is 22.9 Å². The Morgan fingerprint density at radius 3 is 3.00 bits per heavy atom. The number of H-pyrrole nitrogens is 1. The normalized spacial score (nSPS) is 10.7. The molecule has 0 aliphatic rings. The van der Waals surface area contributed by atoms with E-state index in [2.05, 4.69) is 26.6 Å². The molecule has 0 atom stereocenters. The molecule has 0 bridgehead atoms. The lowest BCUT2D eigenvalue weighted by atomic mass is 10.1. The summed E-state index contributed by atoms with van der Waals surface area (Å²) in [5.74, 6) is 0. The molecule has 0 unspecified atom stereocenters. The maximum absolute atomic E-state index is 11.3. The molecule has 6 heteroatoms. The Morgan fingerprint density at radius 2 is 2.10 bits per heavy atom. The molecule has 0 amide bonds. The fourth-order valence-electron chi connectivity index (χ4n) is 2.21. The zero-order chi connectivity index (χ0) is 14.7. The second kappa shape index (κ2) is 5.93. The highest BCUT2D eigenvalue weighted by Crippen LogP contribution is 2.18. The van der Waals surface area contributed by atoms with Crippen LogP contribution in [0.25, 0.3) is 10.9 Å². The molecule has 0 fully saturated rings. The molecule has 0 radical (unpaired) electrons. The van der Waals surface area contributed by atoms with E-state index in [9.17, 15) is 4.79 Å². The third-order valence-electron chi connectivity index (χ3n) is 3.22. The van der Waals surface area contributed by atoms with E-state index in [1.807, 2.05) is 24.3 Å². The molecular formula is C15H13ClN4O. The van der Waals surface area contributed by atoms with E-state index >= 15 is 0 Å². The van der Waals surface area contributed by atoms with Crippen molar-refractivity contribution in [2.24, 2.45) is 0 Å². The number of halogens is 1. The molecule has 0 spiro atoms. The van der Waals surface area contributed by atoms with Gasteiger partial charge in [-0.1, -0.05) is 35.9 Å². The Labute approximate surface area is 126 Å². The summed E-state index contributed by atoms with van der Waals surface area (Å²) in [6.45, 7) is 0.639. The van der Waals surface area contributed by atoms with E-state index in [-0.39, 0.29) is 5.02 Å². The average Bonchev–Trinajstić information content (AvgIpc) is 2.52. The number of fused-ring (bicyclic) bond motifs is 1. The number of aromatic nitrogens is 3. The van der Waals surface area contributed by atoms with Gasteiger partial charge in [-0.25, -0.2) is 5.10 Å². The van der Waals surface area contributed by atoms with Gasteiger partial charge in [0.1, 0.15) is 5.02 Å². The van der Waals surface area contributed by atoms with E-state index in [4.69, 9.17) is 11.6 Å². The van der Waals surface area contributed by atoms with E-state index in [0.29, 0.717) is 12.2 Å². The van der Waals surface area contributed by atoms with Gasteiger partial charge in [-0.05, 0) is 18.1 Å². The molecule has 0 aliphatic heterocycles. The number of pyridine rings is 1. The Morgan fingerprint density at radius 1 is 1.24 bits per heavy atom. The Balaban J connectivity index is 1.75. The van der Waals surface area contributed by atoms with Gasteiger partial charge in [-0.15, -0.1) is 0 Å². The highest BCUT2D eigenvalue weighted by atomic mass is 35.5. The molecule has 2 aromatic heterocycles. The first kappa shape index (κ1) is 13.6. The van der Waals surface area contributed by atoms with Crippen molar-refractivity contribution in [2.45, 2.75) is 6.42 Å². The van der Waals surface area contributed by atoms with Gasteiger partial charge in [-0.3, -0.25) is 9.78 Å². The van der Waals surface area contributed by atoms with E-state index in [1.165, 1.54) is 6.20 Å². The smallest absolute Gasteiger partial charge is 0.285 e. The predicted molar refractivity (Wildman–Crippen MR) is 83.8 cm³/mol. The molecule has 106 valence electrons. The maximum Gasteiger partial charge on any atom is 0.285 e. The van der Waals surface area contributed by atoms with Crippen LogP contribution in [-0.4, -0.2) is 21.7 Å². The van der Waals surface area contributed by atoms with Gasteiger partial charge in [0.2, 0.25) is 0 Å². The van der Waals surface area contributed by atoms with Crippen LogP contribution in [0.5, 0.6) is 0 Å². The maximum atomic E-state index is 11.3. The summed E-state index contributed by atoms with van der Waals surface area (Å²) in [5.41, 5.74) is 2.29. The number of hydrogen-bond acceptors (Lipinski definition) is 4. The van der Waals surface area contributed by atoms with Gasteiger partial charge < -0.3 is 5.32 Å². The number of rotatable bonds is 4. The molecule has 3 rings (SSSR count). The van der Waals surface area contributed by atoms with Crippen LogP contribution in [0.4, 0.5) is 5.69 Å². The van der Waals surface area contributed by atoms with Gasteiger partial charge in [0.15, 0.2) is 0 Å². The molecular weight excluding hydrogens is 288 g/mol. The van der Waals surface area contributed by atoms with E-state index in [1.54, 1.807) is 6.20 Å². The van der Waals surface area contributed by atoms with Crippen molar-refractivity contribution in [3.63, 3.8) is 0 Å². The minimum atomic E-state index is -0.395. The molecule has 0 saturated heterocycles. The largest absolute Gasteiger partial charge is 0.382 e. The second-order valence-corrected chi connectivity index (χ2v) is 4.97. The topological polar surface area (TPSA) is 70.7 Å². The van der Waals surface area contributed by atoms with Gasteiger partial charge in [-0.2, -0.15) is 5.10 Å². The summed E-state index contributed by atoms with van der Waals surface area (Å²) in [4.78, 5) is 15.8. The van der Waals surface area contributed by atoms with Crippen LogP contribution in [0, 0.1) is 0 Å². The number of aromatic amines is 1. The zero-order valence-corrected chi connectivity index (χ0v) is 11.9. The van der Waals surface area contributed by atoms with Gasteiger partial charge in [0.05, 0.1) is 17.4 Å². The average molecular weight is 301 g/mol. The first-order valence-electron chi connectivity index (χ1n) is 6.55. The van der Waals surface area contributed by atoms with Crippen LogP contribution < -0.4 is 10.9 Å². The Hall–Kier alpha value is -2.40. The summed E-state index contributed by atoms with van der Waals surface area (Å²) in [5, 5.41) is 10.4. The Bertz CT molecular complexity index is 826. The van der Waals surface area contributed by atoms with Crippen LogP contribution in [0.2, 0.25) is 5.02 Å². The molecule has 0 aliphatic carbocycles. The van der Waals surface area contributed by atoms with Crippen molar-refractivity contribution in [3.8, 4) is 0 Å². The third kappa shape index (κ3) is 2.87. The van der Waals surface area contributed by atoms with Gasteiger partial charge in [0, 0.05) is 18.1 Å². The van der Waals surface area contributed by atoms with Gasteiger partial charge >= 0.3 is 0 Å². The fourth-order valence-corrected chi connectivity index (χ4v) is 2.37. The van der Waals surface area contributed by atoms with Crippen LogP contribution in [-0.2, 0) is 6.42 Å². The number of benzene rings is 1. The number of anilines is 1. The lowest BCUT2D eigenvalue weighted by Crippen LogP contribution is -2.13. The lowest BCUT2D eigenvalue weighted by molar-refractivity contribution is 0.970. The van der Waals surface area contributed by atoms with Crippen molar-refractivity contribution in [1.29, 1.82) is 0 Å². The quantitative estimate of drug-likeness (QED) is 0.777. The first-order valence-corrected chi connectivity index (χ1v) is 6.93. The number of nitrogens with zero attached hydrogens (tertiary/aromatic N) is 2. The standard InChI is InChI=1S/C15H13ClN4O/c16-13-12(9-19-20-15(13)21)17-8-6-11-4-1-3-10-5-2-7-18-14(10)11/h1-5,7,9H,6,8H2,(H2,17,20,21). The minimum Gasteiger partial charge on any atom is -0.382 e. The van der Waals surface area contributed by atoms with Crippen LogP contribution >= 0.6 is 11.6 Å². The monoisotopic (exact) mass is 300 g/mol. The minimum absolute atomic E-state index is 0.126. The van der Waals surface area contributed by atoms with Crippen LogP contribution in [0.3, 0.4) is 0 Å². The van der Waals surface area contributed by atoms with Crippen molar-refractivity contribution >= 4 is 28.2 Å². The molecule has 2 heterocycles. The summed E-state index contributed by atoms with van der Waals surface area (Å²) in [6.07, 6.45) is 4.07. The van der Waals surface area contributed by atoms with Crippen molar-refractivity contribution in [1.82, 2.24) is 15.2 Å². The number of nitrogens with one attached hydrogen (secondary N) is 2. The summed E-state index contributed by atoms with van der Waals surface area (Å²) < 4.78 is 0. The van der Waals surface area contributed by atoms with Crippen molar-refractivity contribution in [3.05, 3.63) is 63.7 Å². The molecule has 2 N–H and O–H groups in total. The number of para-hydroxylation sites is 1. The Kier molecular flexibility index (Phi) is 3.83. The van der Waals surface area contributed by atoms with Crippen molar-refractivity contribution in [2.75, 3.05) is 11.9 Å². The second-order valence-electron chi connectivity index (χ2n) is 4.60. The highest BCUT2D eigenvalue weighted by Gasteiger charge is 2.05. The lowest BCUT2D eigenvalue weighted by Gasteiger charge is -2.08. The molecule has 3 aromatic rings. The van der Waals surface area contributed by atoms with Crippen LogP contribution in [0.15, 0.2) is 47.5 Å².